The standard InChI is InChI=1S/C13H23N3/c1-11-3-4-12(2)13(9-11)10-16(7-5-14)8-6-15/h3-4,9H,5-8,10,14-15H2,1-2H3. The van der Waals surface area contributed by atoms with Gasteiger partial charge in [-0.15, -0.1) is 0 Å². The second-order valence-electron chi connectivity index (χ2n) is 4.28. The minimum atomic E-state index is 0.685. The van der Waals surface area contributed by atoms with E-state index in [9.17, 15) is 0 Å². The lowest BCUT2D eigenvalue weighted by Crippen LogP contribution is -2.33. The number of benzene rings is 1. The van der Waals surface area contributed by atoms with Gasteiger partial charge in [0.2, 0.25) is 0 Å². The number of hydrogen-bond acceptors (Lipinski definition) is 3. The zero-order valence-electron chi connectivity index (χ0n) is 10.4. The van der Waals surface area contributed by atoms with Crippen LogP contribution in [0, 0.1) is 13.8 Å². The normalized spacial score (nSPS) is 11.1. The molecule has 0 amide bonds. The highest BCUT2D eigenvalue weighted by atomic mass is 15.1. The molecule has 90 valence electrons. The van der Waals surface area contributed by atoms with Crippen LogP contribution in [0.5, 0.6) is 0 Å². The van der Waals surface area contributed by atoms with E-state index in [1.807, 2.05) is 0 Å². The molecule has 0 radical (unpaired) electrons. The Balaban J connectivity index is 2.71. The lowest BCUT2D eigenvalue weighted by molar-refractivity contribution is 0.280. The second-order valence-corrected chi connectivity index (χ2v) is 4.28. The molecule has 0 aliphatic heterocycles. The maximum atomic E-state index is 5.60. The summed E-state index contributed by atoms with van der Waals surface area (Å²) in [6.45, 7) is 8.41. The Morgan fingerprint density at radius 3 is 2.25 bits per heavy atom. The molecule has 3 heteroatoms. The summed E-state index contributed by atoms with van der Waals surface area (Å²) < 4.78 is 0. The molecule has 0 fully saturated rings. The minimum absolute atomic E-state index is 0.685. The predicted octanol–water partition coefficient (Wildman–Crippen LogP) is 1.02. The van der Waals surface area contributed by atoms with Gasteiger partial charge in [-0.05, 0) is 25.0 Å². The summed E-state index contributed by atoms with van der Waals surface area (Å²) >= 11 is 0. The molecule has 0 unspecified atom stereocenters. The zero-order valence-corrected chi connectivity index (χ0v) is 10.4. The van der Waals surface area contributed by atoms with E-state index in [4.69, 9.17) is 11.5 Å². The molecule has 0 saturated carbocycles. The predicted molar refractivity (Wildman–Crippen MR) is 69.3 cm³/mol. The van der Waals surface area contributed by atoms with Crippen molar-refractivity contribution in [2.24, 2.45) is 11.5 Å². The van der Waals surface area contributed by atoms with E-state index in [1.54, 1.807) is 0 Å². The third-order valence-electron chi connectivity index (χ3n) is 2.79. The van der Waals surface area contributed by atoms with Gasteiger partial charge in [0.25, 0.3) is 0 Å². The molecule has 16 heavy (non-hydrogen) atoms. The van der Waals surface area contributed by atoms with Crippen LogP contribution in [0.4, 0.5) is 0 Å². The van der Waals surface area contributed by atoms with Crippen LogP contribution in [0.3, 0.4) is 0 Å². The number of rotatable bonds is 6. The molecule has 0 spiro atoms. The first-order valence-corrected chi connectivity index (χ1v) is 5.86. The van der Waals surface area contributed by atoms with Crippen LogP contribution in [-0.2, 0) is 6.54 Å². The molecule has 0 aliphatic rings. The SMILES string of the molecule is Cc1ccc(C)c(CN(CCN)CCN)c1. The van der Waals surface area contributed by atoms with Crippen molar-refractivity contribution in [3.63, 3.8) is 0 Å². The van der Waals surface area contributed by atoms with Gasteiger partial charge >= 0.3 is 0 Å². The Labute approximate surface area is 98.4 Å². The van der Waals surface area contributed by atoms with E-state index in [-0.39, 0.29) is 0 Å². The highest BCUT2D eigenvalue weighted by Crippen LogP contribution is 2.12. The minimum Gasteiger partial charge on any atom is -0.329 e. The van der Waals surface area contributed by atoms with Crippen molar-refractivity contribution in [3.05, 3.63) is 34.9 Å². The smallest absolute Gasteiger partial charge is 0.0237 e. The summed E-state index contributed by atoms with van der Waals surface area (Å²) in [7, 11) is 0. The van der Waals surface area contributed by atoms with Gasteiger partial charge in [-0.1, -0.05) is 23.8 Å². The van der Waals surface area contributed by atoms with Crippen LogP contribution in [0.1, 0.15) is 16.7 Å². The number of nitrogens with two attached hydrogens (primary N) is 2. The molecule has 1 aromatic carbocycles. The van der Waals surface area contributed by atoms with E-state index in [0.29, 0.717) is 13.1 Å². The van der Waals surface area contributed by atoms with Crippen molar-refractivity contribution in [1.82, 2.24) is 4.90 Å². The van der Waals surface area contributed by atoms with Crippen LogP contribution in [0.25, 0.3) is 0 Å². The molecule has 1 rings (SSSR count). The molecule has 1 aromatic rings. The first-order valence-electron chi connectivity index (χ1n) is 5.86. The van der Waals surface area contributed by atoms with Gasteiger partial charge < -0.3 is 11.5 Å². The van der Waals surface area contributed by atoms with Crippen molar-refractivity contribution in [3.8, 4) is 0 Å². The van der Waals surface area contributed by atoms with Crippen molar-refractivity contribution in [2.75, 3.05) is 26.2 Å². The van der Waals surface area contributed by atoms with E-state index in [2.05, 4.69) is 36.9 Å². The fraction of sp³-hybridized carbons (Fsp3) is 0.538. The van der Waals surface area contributed by atoms with Crippen LogP contribution < -0.4 is 11.5 Å². The van der Waals surface area contributed by atoms with Gasteiger partial charge in [0.05, 0.1) is 0 Å². The lowest BCUT2D eigenvalue weighted by atomic mass is 10.1. The Morgan fingerprint density at radius 1 is 1.06 bits per heavy atom. The Bertz CT molecular complexity index is 317. The third kappa shape index (κ3) is 3.93. The van der Waals surface area contributed by atoms with Gasteiger partial charge in [0, 0.05) is 32.7 Å². The quantitative estimate of drug-likeness (QED) is 0.754. The molecule has 0 saturated heterocycles. The summed E-state index contributed by atoms with van der Waals surface area (Å²) in [5, 5.41) is 0. The van der Waals surface area contributed by atoms with E-state index >= 15 is 0 Å². The number of hydrogen-bond donors (Lipinski definition) is 2. The molecule has 0 bridgehead atoms. The van der Waals surface area contributed by atoms with Crippen molar-refractivity contribution in [2.45, 2.75) is 20.4 Å². The maximum Gasteiger partial charge on any atom is 0.0237 e. The van der Waals surface area contributed by atoms with Crippen LogP contribution in [-0.4, -0.2) is 31.1 Å². The van der Waals surface area contributed by atoms with E-state index < -0.39 is 0 Å². The molecule has 0 atom stereocenters. The van der Waals surface area contributed by atoms with E-state index in [1.165, 1.54) is 16.7 Å². The topological polar surface area (TPSA) is 55.3 Å². The Kier molecular flexibility index (Phi) is 5.46. The monoisotopic (exact) mass is 221 g/mol. The van der Waals surface area contributed by atoms with Gasteiger partial charge in [-0.3, -0.25) is 4.90 Å². The van der Waals surface area contributed by atoms with Gasteiger partial charge in [-0.2, -0.15) is 0 Å². The molecular weight excluding hydrogens is 198 g/mol. The third-order valence-corrected chi connectivity index (χ3v) is 2.79. The molecule has 3 nitrogen and oxygen atoms in total. The van der Waals surface area contributed by atoms with Gasteiger partial charge in [0.15, 0.2) is 0 Å². The van der Waals surface area contributed by atoms with Gasteiger partial charge in [0.1, 0.15) is 0 Å². The lowest BCUT2D eigenvalue weighted by Gasteiger charge is -2.22. The van der Waals surface area contributed by atoms with Crippen molar-refractivity contribution >= 4 is 0 Å². The molecule has 0 aliphatic carbocycles. The van der Waals surface area contributed by atoms with Crippen LogP contribution >= 0.6 is 0 Å². The van der Waals surface area contributed by atoms with Crippen LogP contribution in [0.2, 0.25) is 0 Å². The fourth-order valence-corrected chi connectivity index (χ4v) is 1.85. The van der Waals surface area contributed by atoms with E-state index in [0.717, 1.165) is 19.6 Å². The summed E-state index contributed by atoms with van der Waals surface area (Å²) in [5.41, 5.74) is 15.2. The molecule has 4 N–H and O–H groups in total. The first-order chi connectivity index (χ1) is 7.67. The summed E-state index contributed by atoms with van der Waals surface area (Å²) in [6.07, 6.45) is 0. The Hall–Kier alpha value is -0.900. The second kappa shape index (κ2) is 6.63. The largest absolute Gasteiger partial charge is 0.329 e. The molecular formula is C13H23N3. The molecule has 0 heterocycles. The zero-order chi connectivity index (χ0) is 12.0. The van der Waals surface area contributed by atoms with Gasteiger partial charge in [-0.25, -0.2) is 0 Å². The maximum absolute atomic E-state index is 5.60. The highest BCUT2D eigenvalue weighted by Gasteiger charge is 2.06. The summed E-state index contributed by atoms with van der Waals surface area (Å²) in [4.78, 5) is 2.31. The average molecular weight is 221 g/mol. The average Bonchev–Trinajstić information content (AvgIpc) is 2.24. The summed E-state index contributed by atoms with van der Waals surface area (Å²) in [5.74, 6) is 0. The van der Waals surface area contributed by atoms with Crippen LogP contribution in [0.15, 0.2) is 18.2 Å². The number of nitrogens with zero attached hydrogens (tertiary/aromatic N) is 1. The summed E-state index contributed by atoms with van der Waals surface area (Å²) in [6, 6.07) is 6.57. The highest BCUT2D eigenvalue weighted by molar-refractivity contribution is 5.30. The molecule has 0 aromatic heterocycles. The van der Waals surface area contributed by atoms with Crippen molar-refractivity contribution in [1.29, 1.82) is 0 Å². The van der Waals surface area contributed by atoms with Crippen molar-refractivity contribution < 1.29 is 0 Å². The number of aryl methyl sites for hydroxylation is 2. The Morgan fingerprint density at radius 2 is 1.69 bits per heavy atom. The fourth-order valence-electron chi connectivity index (χ4n) is 1.85. The first kappa shape index (κ1) is 13.2.